The minimum absolute atomic E-state index is 0.0841. The molecule has 1 N–H and O–H groups in total. The van der Waals surface area contributed by atoms with Crippen LogP contribution in [0, 0.1) is 5.92 Å². The fraction of sp³-hybridized carbons (Fsp3) is 0.412. The molecule has 1 aromatic carbocycles. The van der Waals surface area contributed by atoms with Crippen LogP contribution in [0.4, 0.5) is 10.8 Å². The van der Waals surface area contributed by atoms with E-state index in [1.807, 2.05) is 18.2 Å². The van der Waals surface area contributed by atoms with Gasteiger partial charge in [-0.05, 0) is 30.5 Å². The van der Waals surface area contributed by atoms with Crippen molar-refractivity contribution < 1.29 is 9.53 Å². The lowest BCUT2D eigenvalue weighted by molar-refractivity contribution is -0.118. The summed E-state index contributed by atoms with van der Waals surface area (Å²) in [6, 6.07) is 5.82. The fourth-order valence-corrected chi connectivity index (χ4v) is 4.00. The van der Waals surface area contributed by atoms with Crippen molar-refractivity contribution in [3.63, 3.8) is 0 Å². The van der Waals surface area contributed by atoms with Crippen molar-refractivity contribution >= 4 is 28.1 Å². The zero-order chi connectivity index (χ0) is 15.8. The summed E-state index contributed by atoms with van der Waals surface area (Å²) in [6.07, 6.45) is 2.49. The predicted molar refractivity (Wildman–Crippen MR) is 92.3 cm³/mol. The van der Waals surface area contributed by atoms with E-state index in [0.29, 0.717) is 5.75 Å². The van der Waals surface area contributed by atoms with E-state index >= 15 is 0 Å². The molecule has 0 bridgehead atoms. The number of carbonyl (C=O) groups excluding carboxylic acids is 1. The van der Waals surface area contributed by atoms with Crippen molar-refractivity contribution in [3.8, 4) is 17.0 Å². The van der Waals surface area contributed by atoms with Crippen LogP contribution in [-0.2, 0) is 4.79 Å². The molecule has 1 atom stereocenters. The number of hydrogen-bond donors (Lipinski definition) is 1. The molecule has 3 heterocycles. The number of benzene rings is 1. The normalized spacial score (nSPS) is 20.1. The topological polar surface area (TPSA) is 54.5 Å². The molecule has 5 nitrogen and oxygen atoms in total. The summed E-state index contributed by atoms with van der Waals surface area (Å²) in [5, 5.41) is 6.02. The van der Waals surface area contributed by atoms with Gasteiger partial charge in [0.1, 0.15) is 5.75 Å². The minimum Gasteiger partial charge on any atom is -0.482 e. The van der Waals surface area contributed by atoms with Gasteiger partial charge in [0, 0.05) is 24.0 Å². The SMILES string of the molecule is CCC1CCN(c2nc(-c3ccc4c(c3)NC(=O)CO4)cs2)C1. The molecule has 23 heavy (non-hydrogen) atoms. The molecule has 0 spiro atoms. The summed E-state index contributed by atoms with van der Waals surface area (Å²) in [7, 11) is 0. The molecule has 120 valence electrons. The van der Waals surface area contributed by atoms with Crippen LogP contribution in [0.15, 0.2) is 23.6 Å². The second-order valence-electron chi connectivity index (χ2n) is 6.07. The number of nitrogens with zero attached hydrogens (tertiary/aromatic N) is 2. The van der Waals surface area contributed by atoms with Gasteiger partial charge in [-0.3, -0.25) is 4.79 Å². The Balaban J connectivity index is 1.57. The van der Waals surface area contributed by atoms with Gasteiger partial charge in [0.05, 0.1) is 11.4 Å². The molecule has 0 radical (unpaired) electrons. The highest BCUT2D eigenvalue weighted by Crippen LogP contribution is 2.35. The summed E-state index contributed by atoms with van der Waals surface area (Å²) in [5.41, 5.74) is 2.68. The number of rotatable bonds is 3. The number of amides is 1. The van der Waals surface area contributed by atoms with Crippen LogP contribution in [0.1, 0.15) is 19.8 Å². The number of nitrogens with one attached hydrogen (secondary N) is 1. The van der Waals surface area contributed by atoms with Crippen LogP contribution >= 0.6 is 11.3 Å². The van der Waals surface area contributed by atoms with Crippen LogP contribution < -0.4 is 15.0 Å². The fourth-order valence-electron chi connectivity index (χ4n) is 3.12. The molecule has 1 unspecified atom stereocenters. The lowest BCUT2D eigenvalue weighted by Gasteiger charge is -2.18. The third kappa shape index (κ3) is 2.79. The molecule has 1 saturated heterocycles. The third-order valence-electron chi connectivity index (χ3n) is 4.53. The number of aromatic nitrogens is 1. The monoisotopic (exact) mass is 329 g/mol. The van der Waals surface area contributed by atoms with Crippen LogP contribution in [0.5, 0.6) is 5.75 Å². The van der Waals surface area contributed by atoms with E-state index in [-0.39, 0.29) is 12.5 Å². The second-order valence-corrected chi connectivity index (χ2v) is 6.91. The summed E-state index contributed by atoms with van der Waals surface area (Å²) < 4.78 is 5.40. The van der Waals surface area contributed by atoms with Crippen LogP contribution in [-0.4, -0.2) is 30.6 Å². The summed E-state index contributed by atoms with van der Waals surface area (Å²) in [6.45, 7) is 4.54. The van der Waals surface area contributed by atoms with E-state index in [4.69, 9.17) is 9.72 Å². The number of thiazole rings is 1. The Morgan fingerprint density at radius 2 is 2.39 bits per heavy atom. The highest BCUT2D eigenvalue weighted by molar-refractivity contribution is 7.14. The standard InChI is InChI=1S/C17H19N3O2S/c1-2-11-5-6-20(8-11)17-19-14(10-23-17)12-3-4-15-13(7-12)18-16(21)9-22-15/h3-4,7,10-11H,2,5-6,8-9H2,1H3,(H,18,21). The van der Waals surface area contributed by atoms with Gasteiger partial charge >= 0.3 is 0 Å². The Hall–Kier alpha value is -2.08. The largest absolute Gasteiger partial charge is 0.482 e. The van der Waals surface area contributed by atoms with E-state index in [1.54, 1.807) is 11.3 Å². The van der Waals surface area contributed by atoms with Crippen LogP contribution in [0.2, 0.25) is 0 Å². The van der Waals surface area contributed by atoms with E-state index in [0.717, 1.165) is 41.1 Å². The molecule has 0 saturated carbocycles. The molecular formula is C17H19N3O2S. The molecule has 6 heteroatoms. The first-order valence-corrected chi connectivity index (χ1v) is 8.88. The first-order valence-electron chi connectivity index (χ1n) is 8.00. The average Bonchev–Trinajstić information content (AvgIpc) is 3.23. The van der Waals surface area contributed by atoms with Gasteiger partial charge in [-0.2, -0.15) is 0 Å². The molecule has 1 fully saturated rings. The maximum Gasteiger partial charge on any atom is 0.262 e. The third-order valence-corrected chi connectivity index (χ3v) is 5.44. The zero-order valence-corrected chi connectivity index (χ0v) is 13.9. The number of anilines is 2. The van der Waals surface area contributed by atoms with E-state index in [9.17, 15) is 4.79 Å². The van der Waals surface area contributed by atoms with Crippen LogP contribution in [0.3, 0.4) is 0 Å². The van der Waals surface area contributed by atoms with Gasteiger partial charge in [-0.15, -0.1) is 11.3 Å². The Morgan fingerprint density at radius 3 is 3.22 bits per heavy atom. The van der Waals surface area contributed by atoms with Gasteiger partial charge < -0.3 is 15.0 Å². The summed E-state index contributed by atoms with van der Waals surface area (Å²) in [4.78, 5) is 18.6. The van der Waals surface area contributed by atoms with Gasteiger partial charge in [0.15, 0.2) is 11.7 Å². The lowest BCUT2D eigenvalue weighted by Crippen LogP contribution is -2.25. The predicted octanol–water partition coefficient (Wildman–Crippen LogP) is 3.38. The maximum atomic E-state index is 11.5. The highest BCUT2D eigenvalue weighted by Gasteiger charge is 2.23. The smallest absolute Gasteiger partial charge is 0.262 e. The number of ether oxygens (including phenoxy) is 1. The van der Waals surface area contributed by atoms with Crippen molar-refractivity contribution in [2.45, 2.75) is 19.8 Å². The number of carbonyl (C=O) groups is 1. The quantitative estimate of drug-likeness (QED) is 0.938. The molecule has 2 aromatic rings. The average molecular weight is 329 g/mol. The van der Waals surface area contributed by atoms with E-state index in [1.165, 1.54) is 12.8 Å². The number of hydrogen-bond acceptors (Lipinski definition) is 5. The highest BCUT2D eigenvalue weighted by atomic mass is 32.1. The van der Waals surface area contributed by atoms with Crippen molar-refractivity contribution in [1.29, 1.82) is 0 Å². The van der Waals surface area contributed by atoms with Gasteiger partial charge in [-0.1, -0.05) is 13.3 Å². The molecule has 2 aliphatic rings. The lowest BCUT2D eigenvalue weighted by atomic mass is 10.1. The van der Waals surface area contributed by atoms with Crippen LogP contribution in [0.25, 0.3) is 11.3 Å². The van der Waals surface area contributed by atoms with Crippen molar-refractivity contribution in [2.75, 3.05) is 29.9 Å². The Bertz CT molecular complexity index is 743. The van der Waals surface area contributed by atoms with Gasteiger partial charge in [0.2, 0.25) is 0 Å². The Morgan fingerprint density at radius 1 is 1.48 bits per heavy atom. The first-order chi connectivity index (χ1) is 11.2. The molecular weight excluding hydrogens is 310 g/mol. The van der Waals surface area contributed by atoms with Gasteiger partial charge in [0.25, 0.3) is 5.91 Å². The number of fused-ring (bicyclic) bond motifs is 1. The Labute approximate surface area is 139 Å². The van der Waals surface area contributed by atoms with Gasteiger partial charge in [-0.25, -0.2) is 4.98 Å². The van der Waals surface area contributed by atoms with E-state index < -0.39 is 0 Å². The maximum absolute atomic E-state index is 11.5. The summed E-state index contributed by atoms with van der Waals surface area (Å²) >= 11 is 1.69. The molecule has 1 amide bonds. The Kier molecular flexibility index (Phi) is 3.69. The van der Waals surface area contributed by atoms with Crippen molar-refractivity contribution in [2.24, 2.45) is 5.92 Å². The second kappa shape index (κ2) is 5.85. The van der Waals surface area contributed by atoms with Crippen molar-refractivity contribution in [3.05, 3.63) is 23.6 Å². The first kappa shape index (κ1) is 14.5. The molecule has 2 aliphatic heterocycles. The van der Waals surface area contributed by atoms with E-state index in [2.05, 4.69) is 22.5 Å². The molecule has 0 aliphatic carbocycles. The minimum atomic E-state index is -0.115. The zero-order valence-electron chi connectivity index (χ0n) is 13.0. The molecule has 1 aromatic heterocycles. The van der Waals surface area contributed by atoms with Crippen molar-refractivity contribution in [1.82, 2.24) is 4.98 Å². The molecule has 4 rings (SSSR count). The summed E-state index contributed by atoms with van der Waals surface area (Å²) in [5.74, 6) is 1.39.